The van der Waals surface area contributed by atoms with Crippen LogP contribution in [0.4, 0.5) is 8.78 Å². The maximum Gasteiger partial charge on any atom is 0.387 e. The van der Waals surface area contributed by atoms with Gasteiger partial charge in [0.1, 0.15) is 5.75 Å². The first kappa shape index (κ1) is 14.5. The molecular formula is C16H17F2NO. The molecule has 20 heavy (non-hydrogen) atoms. The second-order valence-corrected chi connectivity index (χ2v) is 4.72. The van der Waals surface area contributed by atoms with Gasteiger partial charge in [-0.3, -0.25) is 0 Å². The van der Waals surface area contributed by atoms with Crippen molar-refractivity contribution in [1.29, 1.82) is 0 Å². The van der Waals surface area contributed by atoms with E-state index in [2.05, 4.69) is 4.74 Å². The molecule has 2 aromatic rings. The highest BCUT2D eigenvalue weighted by atomic mass is 19.3. The number of rotatable bonds is 4. The molecule has 0 aromatic heterocycles. The van der Waals surface area contributed by atoms with E-state index in [1.165, 1.54) is 6.07 Å². The fourth-order valence-electron chi connectivity index (χ4n) is 2.17. The minimum Gasteiger partial charge on any atom is -0.435 e. The van der Waals surface area contributed by atoms with Crippen molar-refractivity contribution < 1.29 is 13.5 Å². The van der Waals surface area contributed by atoms with Gasteiger partial charge in [-0.2, -0.15) is 8.78 Å². The minimum absolute atomic E-state index is 0.123. The third-order valence-corrected chi connectivity index (χ3v) is 3.42. The molecule has 1 atom stereocenters. The zero-order valence-corrected chi connectivity index (χ0v) is 11.4. The Labute approximate surface area is 117 Å². The van der Waals surface area contributed by atoms with Crippen LogP contribution in [0, 0.1) is 13.8 Å². The second-order valence-electron chi connectivity index (χ2n) is 4.72. The monoisotopic (exact) mass is 277 g/mol. The number of hydrogen-bond donors (Lipinski definition) is 1. The zero-order chi connectivity index (χ0) is 14.7. The summed E-state index contributed by atoms with van der Waals surface area (Å²) in [6.07, 6.45) is 0. The first-order valence-electron chi connectivity index (χ1n) is 6.35. The predicted molar refractivity (Wildman–Crippen MR) is 75.0 cm³/mol. The number of alkyl halides is 2. The van der Waals surface area contributed by atoms with Crippen molar-refractivity contribution in [3.63, 3.8) is 0 Å². The van der Waals surface area contributed by atoms with Gasteiger partial charge in [-0.05, 0) is 48.2 Å². The Morgan fingerprint density at radius 3 is 2.45 bits per heavy atom. The molecule has 4 heteroatoms. The average molecular weight is 277 g/mol. The second kappa shape index (κ2) is 6.01. The van der Waals surface area contributed by atoms with Crippen LogP contribution >= 0.6 is 0 Å². The summed E-state index contributed by atoms with van der Waals surface area (Å²) in [5.41, 5.74) is 10.2. The number of halogens is 2. The van der Waals surface area contributed by atoms with Crippen LogP contribution in [0.3, 0.4) is 0 Å². The largest absolute Gasteiger partial charge is 0.435 e. The Balaban J connectivity index is 2.33. The third kappa shape index (κ3) is 3.14. The highest BCUT2D eigenvalue weighted by Crippen LogP contribution is 2.27. The lowest BCUT2D eigenvalue weighted by atomic mass is 9.93. The van der Waals surface area contributed by atoms with Crippen LogP contribution in [-0.2, 0) is 0 Å². The first-order chi connectivity index (χ1) is 9.49. The minimum atomic E-state index is -2.83. The predicted octanol–water partition coefficient (Wildman–Crippen LogP) is 3.95. The molecule has 1 unspecified atom stereocenters. The molecule has 0 bridgehead atoms. The Morgan fingerprint density at radius 2 is 1.75 bits per heavy atom. The van der Waals surface area contributed by atoms with Crippen molar-refractivity contribution in [3.05, 3.63) is 64.7 Å². The average Bonchev–Trinajstić information content (AvgIpc) is 2.41. The van der Waals surface area contributed by atoms with Gasteiger partial charge in [0.05, 0.1) is 6.04 Å². The smallest absolute Gasteiger partial charge is 0.387 e. The van der Waals surface area contributed by atoms with Crippen LogP contribution in [0.2, 0.25) is 0 Å². The molecule has 0 amide bonds. The number of benzene rings is 2. The van der Waals surface area contributed by atoms with Gasteiger partial charge in [0, 0.05) is 0 Å². The summed E-state index contributed by atoms with van der Waals surface area (Å²) in [4.78, 5) is 0. The normalized spacial score (nSPS) is 12.5. The number of hydrogen-bond acceptors (Lipinski definition) is 2. The first-order valence-corrected chi connectivity index (χ1v) is 6.35. The summed E-state index contributed by atoms with van der Waals surface area (Å²) < 4.78 is 28.9. The fraction of sp³-hybridized carbons (Fsp3) is 0.250. The van der Waals surface area contributed by atoms with E-state index in [-0.39, 0.29) is 11.8 Å². The SMILES string of the molecule is Cc1cccc(C(N)c2cccc(OC(F)F)c2)c1C. The van der Waals surface area contributed by atoms with Crippen molar-refractivity contribution in [2.45, 2.75) is 26.5 Å². The molecule has 0 heterocycles. The number of nitrogens with two attached hydrogens (primary N) is 1. The quantitative estimate of drug-likeness (QED) is 0.918. The maximum atomic E-state index is 12.2. The van der Waals surface area contributed by atoms with E-state index in [9.17, 15) is 8.78 Å². The van der Waals surface area contributed by atoms with Gasteiger partial charge in [-0.25, -0.2) is 0 Å². The van der Waals surface area contributed by atoms with Gasteiger partial charge in [0.2, 0.25) is 0 Å². The molecular weight excluding hydrogens is 260 g/mol. The van der Waals surface area contributed by atoms with E-state index in [1.54, 1.807) is 12.1 Å². The lowest BCUT2D eigenvalue weighted by Gasteiger charge is -2.17. The number of ether oxygens (including phenoxy) is 1. The Morgan fingerprint density at radius 1 is 1.05 bits per heavy atom. The van der Waals surface area contributed by atoms with Crippen LogP contribution in [0.5, 0.6) is 5.75 Å². The van der Waals surface area contributed by atoms with Gasteiger partial charge in [-0.1, -0.05) is 30.3 Å². The van der Waals surface area contributed by atoms with Crippen LogP contribution in [0.25, 0.3) is 0 Å². The highest BCUT2D eigenvalue weighted by molar-refractivity contribution is 5.42. The topological polar surface area (TPSA) is 35.2 Å². The van der Waals surface area contributed by atoms with Crippen molar-refractivity contribution in [1.82, 2.24) is 0 Å². The van der Waals surface area contributed by atoms with Crippen molar-refractivity contribution in [2.24, 2.45) is 5.73 Å². The van der Waals surface area contributed by atoms with E-state index >= 15 is 0 Å². The molecule has 0 aliphatic rings. The molecule has 0 aliphatic carbocycles. The van der Waals surface area contributed by atoms with Gasteiger partial charge in [0.25, 0.3) is 0 Å². The maximum absolute atomic E-state index is 12.2. The molecule has 0 radical (unpaired) electrons. The fourth-order valence-corrected chi connectivity index (χ4v) is 2.17. The molecule has 0 saturated carbocycles. The van der Waals surface area contributed by atoms with E-state index in [1.807, 2.05) is 38.1 Å². The molecule has 106 valence electrons. The van der Waals surface area contributed by atoms with Crippen LogP contribution in [0.15, 0.2) is 42.5 Å². The van der Waals surface area contributed by atoms with Gasteiger partial charge in [0.15, 0.2) is 0 Å². The summed E-state index contributed by atoms with van der Waals surface area (Å²) in [5.74, 6) is 0.123. The summed E-state index contributed by atoms with van der Waals surface area (Å²) in [5, 5.41) is 0. The molecule has 0 fully saturated rings. The third-order valence-electron chi connectivity index (χ3n) is 3.42. The Kier molecular flexibility index (Phi) is 4.35. The molecule has 2 nitrogen and oxygen atoms in total. The van der Waals surface area contributed by atoms with Crippen LogP contribution in [-0.4, -0.2) is 6.61 Å². The van der Waals surface area contributed by atoms with E-state index < -0.39 is 6.61 Å². The van der Waals surface area contributed by atoms with Crippen LogP contribution in [0.1, 0.15) is 28.3 Å². The highest BCUT2D eigenvalue weighted by Gasteiger charge is 2.14. The van der Waals surface area contributed by atoms with Crippen molar-refractivity contribution in [3.8, 4) is 5.75 Å². The Bertz CT molecular complexity index is 599. The molecule has 2 aromatic carbocycles. The van der Waals surface area contributed by atoms with Gasteiger partial charge in [-0.15, -0.1) is 0 Å². The molecule has 2 N–H and O–H groups in total. The van der Waals surface area contributed by atoms with Crippen LogP contribution < -0.4 is 10.5 Å². The summed E-state index contributed by atoms with van der Waals surface area (Å²) in [6.45, 7) is 1.19. The van der Waals surface area contributed by atoms with Crippen molar-refractivity contribution >= 4 is 0 Å². The van der Waals surface area contributed by atoms with E-state index in [0.29, 0.717) is 0 Å². The lowest BCUT2D eigenvalue weighted by Crippen LogP contribution is -2.14. The van der Waals surface area contributed by atoms with E-state index in [4.69, 9.17) is 5.73 Å². The van der Waals surface area contributed by atoms with Gasteiger partial charge < -0.3 is 10.5 Å². The molecule has 0 spiro atoms. The summed E-state index contributed by atoms with van der Waals surface area (Å²) >= 11 is 0. The lowest BCUT2D eigenvalue weighted by molar-refractivity contribution is -0.0498. The summed E-state index contributed by atoms with van der Waals surface area (Å²) in [7, 11) is 0. The molecule has 0 saturated heterocycles. The standard InChI is InChI=1S/C16H17F2NO/c1-10-5-3-8-14(11(10)2)15(19)12-6-4-7-13(9-12)20-16(17)18/h3-9,15-16H,19H2,1-2H3. The number of aryl methyl sites for hydroxylation is 1. The van der Waals surface area contributed by atoms with Crippen molar-refractivity contribution in [2.75, 3.05) is 0 Å². The van der Waals surface area contributed by atoms with Gasteiger partial charge >= 0.3 is 6.61 Å². The zero-order valence-electron chi connectivity index (χ0n) is 11.4. The molecule has 2 rings (SSSR count). The summed E-state index contributed by atoms with van der Waals surface area (Å²) in [6, 6.07) is 12.1. The van der Waals surface area contributed by atoms with E-state index in [0.717, 1.165) is 22.3 Å². The molecule has 0 aliphatic heterocycles. The Hall–Kier alpha value is -1.94.